The van der Waals surface area contributed by atoms with E-state index >= 15 is 0 Å². The molecule has 6 heteroatoms. The fourth-order valence-corrected chi connectivity index (χ4v) is 4.74. The summed E-state index contributed by atoms with van der Waals surface area (Å²) in [6, 6.07) is 1.81. The first-order valence-electron chi connectivity index (χ1n) is 9.50. The minimum Gasteiger partial charge on any atom is -0.334 e. The SMILES string of the molecule is CC(C)C(CN1C(=O)N[C@@H]2CCC3(CC3)C[C@@H]2C1=O)c1ccnn1C. The largest absolute Gasteiger partial charge is 0.334 e. The number of urea groups is 1. The highest BCUT2D eigenvalue weighted by atomic mass is 16.2. The van der Waals surface area contributed by atoms with Gasteiger partial charge < -0.3 is 5.32 Å². The molecule has 2 saturated carbocycles. The highest BCUT2D eigenvalue weighted by molar-refractivity contribution is 5.98. The van der Waals surface area contributed by atoms with Crippen LogP contribution in [0.2, 0.25) is 0 Å². The number of imide groups is 1. The summed E-state index contributed by atoms with van der Waals surface area (Å²) >= 11 is 0. The van der Waals surface area contributed by atoms with Crippen LogP contribution in [0.4, 0.5) is 4.79 Å². The normalized spacial score (nSPS) is 28.9. The molecule has 2 heterocycles. The van der Waals surface area contributed by atoms with Crippen LogP contribution in [0.1, 0.15) is 57.6 Å². The van der Waals surface area contributed by atoms with Gasteiger partial charge in [-0.05, 0) is 49.5 Å². The van der Waals surface area contributed by atoms with Gasteiger partial charge in [-0.3, -0.25) is 14.4 Å². The number of aryl methyl sites for hydroxylation is 1. The summed E-state index contributed by atoms with van der Waals surface area (Å²) in [4.78, 5) is 27.2. The van der Waals surface area contributed by atoms with Gasteiger partial charge in [0.05, 0.1) is 5.92 Å². The number of hydrogen-bond acceptors (Lipinski definition) is 3. The van der Waals surface area contributed by atoms with Gasteiger partial charge in [-0.15, -0.1) is 0 Å². The molecule has 0 bridgehead atoms. The molecule has 1 saturated heterocycles. The van der Waals surface area contributed by atoms with Gasteiger partial charge in [-0.25, -0.2) is 4.79 Å². The number of nitrogens with zero attached hydrogens (tertiary/aromatic N) is 3. The fourth-order valence-electron chi connectivity index (χ4n) is 4.74. The van der Waals surface area contributed by atoms with Crippen LogP contribution in [0.3, 0.4) is 0 Å². The minimum atomic E-state index is -0.217. The Labute approximate surface area is 148 Å². The molecule has 0 radical (unpaired) electrons. The zero-order chi connectivity index (χ0) is 17.8. The molecule has 1 N–H and O–H groups in total. The molecular formula is C19H28N4O2. The summed E-state index contributed by atoms with van der Waals surface area (Å²) in [7, 11) is 1.91. The third-order valence-corrected chi connectivity index (χ3v) is 6.64. The van der Waals surface area contributed by atoms with E-state index in [1.807, 2.05) is 17.8 Å². The molecule has 1 aromatic rings. The zero-order valence-electron chi connectivity index (χ0n) is 15.4. The van der Waals surface area contributed by atoms with Crippen molar-refractivity contribution in [2.45, 2.75) is 57.9 Å². The third-order valence-electron chi connectivity index (χ3n) is 6.64. The van der Waals surface area contributed by atoms with E-state index in [-0.39, 0.29) is 29.8 Å². The summed E-state index contributed by atoms with van der Waals surface area (Å²) in [5, 5.41) is 7.37. The lowest BCUT2D eigenvalue weighted by molar-refractivity contribution is -0.137. The maximum absolute atomic E-state index is 13.1. The maximum atomic E-state index is 13.1. The van der Waals surface area contributed by atoms with Crippen LogP contribution in [0, 0.1) is 17.3 Å². The Morgan fingerprint density at radius 1 is 1.32 bits per heavy atom. The molecule has 3 atom stereocenters. The van der Waals surface area contributed by atoms with Crippen molar-refractivity contribution >= 4 is 11.9 Å². The van der Waals surface area contributed by atoms with Gasteiger partial charge >= 0.3 is 6.03 Å². The second-order valence-electron chi connectivity index (χ2n) is 8.58. The number of carbonyl (C=O) groups is 2. The van der Waals surface area contributed by atoms with Crippen molar-refractivity contribution < 1.29 is 9.59 Å². The van der Waals surface area contributed by atoms with Gasteiger partial charge in [0.15, 0.2) is 0 Å². The first-order chi connectivity index (χ1) is 11.9. The lowest BCUT2D eigenvalue weighted by Gasteiger charge is -2.43. The average molecular weight is 344 g/mol. The highest BCUT2D eigenvalue weighted by Crippen LogP contribution is 2.58. The van der Waals surface area contributed by atoms with Crippen molar-refractivity contribution in [2.75, 3.05) is 6.54 Å². The van der Waals surface area contributed by atoms with E-state index in [0.717, 1.165) is 25.0 Å². The van der Waals surface area contributed by atoms with Crippen molar-refractivity contribution in [3.05, 3.63) is 18.0 Å². The highest BCUT2D eigenvalue weighted by Gasteiger charge is 2.54. The van der Waals surface area contributed by atoms with Crippen molar-refractivity contribution in [1.29, 1.82) is 0 Å². The Bertz CT molecular complexity index is 691. The molecule has 1 aromatic heterocycles. The Hall–Kier alpha value is -1.85. The van der Waals surface area contributed by atoms with Crippen molar-refractivity contribution in [1.82, 2.24) is 20.0 Å². The van der Waals surface area contributed by atoms with E-state index in [9.17, 15) is 9.59 Å². The van der Waals surface area contributed by atoms with Gasteiger partial charge in [-0.2, -0.15) is 5.10 Å². The number of fused-ring (bicyclic) bond motifs is 1. The summed E-state index contributed by atoms with van der Waals surface area (Å²) in [5.41, 5.74) is 1.48. The van der Waals surface area contributed by atoms with Crippen LogP contribution in [0.25, 0.3) is 0 Å². The standard InChI is InChI=1S/C19H28N4O2/c1-12(2)14(16-5-9-20-22(16)3)11-23-17(24)13-10-19(7-8-19)6-4-15(13)21-18(23)25/h5,9,12-15H,4,6-8,10-11H2,1-3H3,(H,21,25)/t13-,14?,15+/m0/s1. The molecule has 25 heavy (non-hydrogen) atoms. The molecule has 136 valence electrons. The minimum absolute atomic E-state index is 0.0340. The molecule has 2 aliphatic carbocycles. The third kappa shape index (κ3) is 2.85. The summed E-state index contributed by atoms with van der Waals surface area (Å²) in [6.45, 7) is 4.69. The van der Waals surface area contributed by atoms with Crippen LogP contribution < -0.4 is 5.32 Å². The number of rotatable bonds is 4. The Balaban J connectivity index is 1.55. The predicted molar refractivity (Wildman–Crippen MR) is 93.8 cm³/mol. The van der Waals surface area contributed by atoms with Crippen LogP contribution in [-0.4, -0.2) is 39.2 Å². The first kappa shape index (κ1) is 16.6. The van der Waals surface area contributed by atoms with Gasteiger partial charge in [0.2, 0.25) is 5.91 Å². The van der Waals surface area contributed by atoms with E-state index in [1.165, 1.54) is 17.7 Å². The van der Waals surface area contributed by atoms with Crippen LogP contribution in [-0.2, 0) is 11.8 Å². The second-order valence-corrected chi connectivity index (χ2v) is 8.58. The Kier molecular flexibility index (Phi) is 3.89. The fraction of sp³-hybridized carbons (Fsp3) is 0.737. The van der Waals surface area contributed by atoms with Gasteiger partial charge in [0.1, 0.15) is 0 Å². The van der Waals surface area contributed by atoms with E-state index < -0.39 is 0 Å². The number of nitrogens with one attached hydrogen (secondary N) is 1. The lowest BCUT2D eigenvalue weighted by atomic mass is 9.74. The average Bonchev–Trinajstić information content (AvgIpc) is 3.19. The van der Waals surface area contributed by atoms with Gasteiger partial charge in [-0.1, -0.05) is 13.8 Å². The van der Waals surface area contributed by atoms with E-state index in [1.54, 1.807) is 6.20 Å². The number of hydrogen-bond donors (Lipinski definition) is 1. The van der Waals surface area contributed by atoms with Crippen LogP contribution in [0.15, 0.2) is 12.3 Å². The molecule has 4 rings (SSSR count). The Morgan fingerprint density at radius 3 is 2.68 bits per heavy atom. The van der Waals surface area contributed by atoms with E-state index in [2.05, 4.69) is 24.3 Å². The van der Waals surface area contributed by atoms with Crippen molar-refractivity contribution in [3.63, 3.8) is 0 Å². The zero-order valence-corrected chi connectivity index (χ0v) is 15.4. The maximum Gasteiger partial charge on any atom is 0.324 e. The molecule has 1 unspecified atom stereocenters. The second kappa shape index (κ2) is 5.85. The summed E-state index contributed by atoms with van der Waals surface area (Å²) in [5.74, 6) is 0.410. The van der Waals surface area contributed by atoms with Crippen molar-refractivity contribution in [3.8, 4) is 0 Å². The van der Waals surface area contributed by atoms with E-state index in [0.29, 0.717) is 17.9 Å². The summed E-state index contributed by atoms with van der Waals surface area (Å²) in [6.07, 6.45) is 7.33. The number of carbonyl (C=O) groups excluding carboxylic acids is 2. The topological polar surface area (TPSA) is 67.2 Å². The predicted octanol–water partition coefficient (Wildman–Crippen LogP) is 2.66. The number of amides is 3. The van der Waals surface area contributed by atoms with Crippen molar-refractivity contribution in [2.24, 2.45) is 24.3 Å². The molecular weight excluding hydrogens is 316 g/mol. The molecule has 6 nitrogen and oxygen atoms in total. The summed E-state index contributed by atoms with van der Waals surface area (Å²) < 4.78 is 1.85. The molecule has 3 aliphatic rings. The molecule has 0 aromatic carbocycles. The van der Waals surface area contributed by atoms with E-state index in [4.69, 9.17) is 0 Å². The quantitative estimate of drug-likeness (QED) is 0.913. The smallest absolute Gasteiger partial charge is 0.324 e. The van der Waals surface area contributed by atoms with Gasteiger partial charge in [0.25, 0.3) is 0 Å². The van der Waals surface area contributed by atoms with Crippen LogP contribution >= 0.6 is 0 Å². The number of aromatic nitrogens is 2. The molecule has 3 amide bonds. The molecule has 1 spiro atoms. The Morgan fingerprint density at radius 2 is 2.08 bits per heavy atom. The molecule has 1 aliphatic heterocycles. The van der Waals surface area contributed by atoms with Crippen LogP contribution in [0.5, 0.6) is 0 Å². The first-order valence-corrected chi connectivity index (χ1v) is 9.50. The molecule has 3 fully saturated rings. The lowest BCUT2D eigenvalue weighted by Crippen LogP contribution is -2.62. The monoisotopic (exact) mass is 344 g/mol. The van der Waals surface area contributed by atoms with Gasteiger partial charge in [0, 0.05) is 37.4 Å².